The normalized spacial score (nSPS) is 11.1. The summed E-state index contributed by atoms with van der Waals surface area (Å²) in [6, 6.07) is 6.31. The molecule has 0 radical (unpaired) electrons. The van der Waals surface area contributed by atoms with Crippen molar-refractivity contribution in [1.82, 2.24) is 5.43 Å². The Kier molecular flexibility index (Phi) is 14.3. The summed E-state index contributed by atoms with van der Waals surface area (Å²) in [7, 11) is 0. The molecule has 1 N–H and O–H groups in total. The van der Waals surface area contributed by atoms with Crippen LogP contribution >= 0.6 is 0 Å². The van der Waals surface area contributed by atoms with Crippen LogP contribution in [0, 0.1) is 10.1 Å². The first-order valence-corrected chi connectivity index (χ1v) is 11.2. The minimum Gasteiger partial charge on any atom is -0.273 e. The smallest absolute Gasteiger partial charge is 0.273 e. The van der Waals surface area contributed by atoms with Gasteiger partial charge in [-0.2, -0.15) is 5.10 Å². The second-order valence-corrected chi connectivity index (χ2v) is 7.60. The first-order chi connectivity index (χ1) is 14.1. The predicted octanol–water partition coefficient (Wildman–Crippen LogP) is 6.53. The Balaban J connectivity index is 1.99. The zero-order valence-electron chi connectivity index (χ0n) is 17.9. The molecule has 0 aliphatic heterocycles. The van der Waals surface area contributed by atoms with E-state index >= 15 is 0 Å². The molecule has 162 valence electrons. The highest BCUT2D eigenvalue weighted by Gasteiger charge is 2.10. The standard InChI is InChI=1S/C23H37N3O3/c1-2-3-4-5-6-7-8-9-10-11-12-13-14-19-23(27)25-24-20-21-17-15-16-18-22(21)26(28)29/h15-18,20H,2-14,19H2,1H3,(H,25,27)/b24-20+. The van der Waals surface area contributed by atoms with E-state index in [4.69, 9.17) is 0 Å². The maximum Gasteiger partial charge on any atom is 0.278 e. The minimum atomic E-state index is -0.462. The van der Waals surface area contributed by atoms with Gasteiger partial charge in [0, 0.05) is 12.5 Å². The molecule has 0 fully saturated rings. The van der Waals surface area contributed by atoms with Crippen molar-refractivity contribution in [1.29, 1.82) is 0 Å². The monoisotopic (exact) mass is 403 g/mol. The van der Waals surface area contributed by atoms with E-state index in [9.17, 15) is 14.9 Å². The van der Waals surface area contributed by atoms with E-state index in [1.54, 1.807) is 18.2 Å². The molecule has 1 rings (SSSR count). The number of carbonyl (C=O) groups is 1. The largest absolute Gasteiger partial charge is 0.278 e. The van der Waals surface area contributed by atoms with E-state index in [-0.39, 0.29) is 11.6 Å². The van der Waals surface area contributed by atoms with Crippen molar-refractivity contribution >= 4 is 17.8 Å². The second kappa shape index (κ2) is 16.7. The van der Waals surface area contributed by atoms with Gasteiger partial charge in [-0.1, -0.05) is 96.1 Å². The summed E-state index contributed by atoms with van der Waals surface area (Å²) in [4.78, 5) is 22.3. The van der Waals surface area contributed by atoms with Crippen molar-refractivity contribution in [3.63, 3.8) is 0 Å². The molecule has 1 aromatic rings. The average molecular weight is 404 g/mol. The van der Waals surface area contributed by atoms with Gasteiger partial charge in [-0.05, 0) is 12.5 Å². The van der Waals surface area contributed by atoms with Gasteiger partial charge in [0.05, 0.1) is 16.7 Å². The van der Waals surface area contributed by atoms with Crippen LogP contribution in [0.2, 0.25) is 0 Å². The van der Waals surface area contributed by atoms with Crippen LogP contribution in [0.25, 0.3) is 0 Å². The van der Waals surface area contributed by atoms with Crippen molar-refractivity contribution in [3.8, 4) is 0 Å². The number of hydrogen-bond acceptors (Lipinski definition) is 4. The molecule has 0 aliphatic carbocycles. The Bertz CT molecular complexity index is 617. The van der Waals surface area contributed by atoms with E-state index in [0.717, 1.165) is 12.8 Å². The molecule has 0 heterocycles. The number of nitro benzene ring substituents is 1. The molecule has 0 saturated heterocycles. The van der Waals surface area contributed by atoms with E-state index in [2.05, 4.69) is 17.5 Å². The molecule has 1 aromatic carbocycles. The van der Waals surface area contributed by atoms with Gasteiger partial charge < -0.3 is 0 Å². The van der Waals surface area contributed by atoms with Gasteiger partial charge in [0.25, 0.3) is 5.69 Å². The summed E-state index contributed by atoms with van der Waals surface area (Å²) in [6.07, 6.45) is 18.3. The zero-order chi connectivity index (χ0) is 21.2. The number of hydrogen-bond donors (Lipinski definition) is 1. The number of nitrogens with one attached hydrogen (secondary N) is 1. The highest BCUT2D eigenvalue weighted by Crippen LogP contribution is 2.15. The molecule has 1 amide bonds. The number of unbranched alkanes of at least 4 members (excludes halogenated alkanes) is 12. The summed E-state index contributed by atoms with van der Waals surface area (Å²) in [5.41, 5.74) is 2.80. The number of amides is 1. The molecular formula is C23H37N3O3. The Morgan fingerprint density at radius 3 is 2.00 bits per heavy atom. The fourth-order valence-corrected chi connectivity index (χ4v) is 3.30. The maximum absolute atomic E-state index is 11.8. The number of rotatable bonds is 17. The van der Waals surface area contributed by atoms with Crippen LogP contribution in [0.15, 0.2) is 29.4 Å². The molecule has 0 bridgehead atoms. The number of benzene rings is 1. The first-order valence-electron chi connectivity index (χ1n) is 11.2. The lowest BCUT2D eigenvalue weighted by molar-refractivity contribution is -0.385. The van der Waals surface area contributed by atoms with Crippen molar-refractivity contribution in [2.24, 2.45) is 5.10 Å². The molecule has 6 nitrogen and oxygen atoms in total. The van der Waals surface area contributed by atoms with Crippen molar-refractivity contribution in [2.45, 2.75) is 96.8 Å². The highest BCUT2D eigenvalue weighted by molar-refractivity contribution is 5.86. The summed E-state index contributed by atoms with van der Waals surface area (Å²) in [5, 5.41) is 14.8. The molecular weight excluding hydrogens is 366 g/mol. The van der Waals surface area contributed by atoms with Gasteiger partial charge in [-0.15, -0.1) is 0 Å². The number of nitrogens with zero attached hydrogens (tertiary/aromatic N) is 2. The molecule has 6 heteroatoms. The zero-order valence-corrected chi connectivity index (χ0v) is 17.9. The Hall–Kier alpha value is -2.24. The fraction of sp³-hybridized carbons (Fsp3) is 0.652. The van der Waals surface area contributed by atoms with Crippen molar-refractivity contribution < 1.29 is 9.72 Å². The highest BCUT2D eigenvalue weighted by atomic mass is 16.6. The maximum atomic E-state index is 11.8. The molecule has 0 atom stereocenters. The summed E-state index contributed by atoms with van der Waals surface area (Å²) in [5.74, 6) is -0.150. The molecule has 0 unspecified atom stereocenters. The number of carbonyl (C=O) groups excluding carboxylic acids is 1. The van der Waals surface area contributed by atoms with Gasteiger partial charge in [0.1, 0.15) is 0 Å². The van der Waals surface area contributed by atoms with Crippen LogP contribution in [-0.2, 0) is 4.79 Å². The quantitative estimate of drug-likeness (QED) is 0.139. The summed E-state index contributed by atoms with van der Waals surface area (Å²) >= 11 is 0. The SMILES string of the molecule is CCCCCCCCCCCCCCCC(=O)N/N=C/c1ccccc1[N+](=O)[O-]. The molecule has 29 heavy (non-hydrogen) atoms. The summed E-state index contributed by atoms with van der Waals surface area (Å²) in [6.45, 7) is 2.25. The van der Waals surface area contributed by atoms with Gasteiger partial charge >= 0.3 is 0 Å². The Morgan fingerprint density at radius 2 is 1.45 bits per heavy atom. The van der Waals surface area contributed by atoms with E-state index in [1.807, 2.05) is 0 Å². The van der Waals surface area contributed by atoms with Crippen molar-refractivity contribution in [2.75, 3.05) is 0 Å². The first kappa shape index (κ1) is 24.8. The number of hydrazone groups is 1. The lowest BCUT2D eigenvalue weighted by atomic mass is 10.0. The van der Waals surface area contributed by atoms with E-state index in [1.165, 1.54) is 82.9 Å². The lowest BCUT2D eigenvalue weighted by Crippen LogP contribution is -2.17. The van der Waals surface area contributed by atoms with Crippen LogP contribution < -0.4 is 5.43 Å². The van der Waals surface area contributed by atoms with Crippen molar-refractivity contribution in [3.05, 3.63) is 39.9 Å². The van der Waals surface area contributed by atoms with E-state index in [0.29, 0.717) is 12.0 Å². The van der Waals surface area contributed by atoms with Gasteiger partial charge in [0.2, 0.25) is 5.91 Å². The Labute approximate surface area is 175 Å². The topological polar surface area (TPSA) is 84.6 Å². The molecule has 0 spiro atoms. The molecule has 0 aromatic heterocycles. The second-order valence-electron chi connectivity index (χ2n) is 7.60. The predicted molar refractivity (Wildman–Crippen MR) is 119 cm³/mol. The minimum absolute atomic E-state index is 0.0259. The third-order valence-electron chi connectivity index (χ3n) is 5.03. The average Bonchev–Trinajstić information content (AvgIpc) is 2.71. The Morgan fingerprint density at radius 1 is 0.931 bits per heavy atom. The number of para-hydroxylation sites is 1. The van der Waals surface area contributed by atoms with Gasteiger partial charge in [-0.25, -0.2) is 5.43 Å². The van der Waals surface area contributed by atoms with Crippen LogP contribution in [-0.4, -0.2) is 17.0 Å². The number of nitro groups is 1. The van der Waals surface area contributed by atoms with E-state index < -0.39 is 4.92 Å². The van der Waals surface area contributed by atoms with Gasteiger partial charge in [0.15, 0.2) is 0 Å². The van der Waals surface area contributed by atoms with Crippen LogP contribution in [0.5, 0.6) is 0 Å². The molecule has 0 saturated carbocycles. The summed E-state index contributed by atoms with van der Waals surface area (Å²) < 4.78 is 0. The lowest BCUT2D eigenvalue weighted by Gasteiger charge is -2.03. The third-order valence-corrected chi connectivity index (χ3v) is 5.03. The van der Waals surface area contributed by atoms with Gasteiger partial charge in [-0.3, -0.25) is 14.9 Å². The fourth-order valence-electron chi connectivity index (χ4n) is 3.30. The van der Waals surface area contributed by atoms with Crippen LogP contribution in [0.1, 0.15) is 102 Å². The van der Waals surface area contributed by atoms with Crippen LogP contribution in [0.3, 0.4) is 0 Å². The van der Waals surface area contributed by atoms with Crippen LogP contribution in [0.4, 0.5) is 5.69 Å². The third kappa shape index (κ3) is 12.8. The molecule has 0 aliphatic rings.